The van der Waals surface area contributed by atoms with Crippen molar-refractivity contribution in [2.24, 2.45) is 13.0 Å². The Kier molecular flexibility index (Phi) is 4.49. The van der Waals surface area contributed by atoms with E-state index in [9.17, 15) is 4.79 Å². The average molecular weight is 225 g/mol. The maximum atomic E-state index is 10.8. The van der Waals surface area contributed by atoms with E-state index in [2.05, 4.69) is 9.88 Å². The van der Waals surface area contributed by atoms with Crippen molar-refractivity contribution in [1.29, 1.82) is 0 Å². The second-order valence-electron chi connectivity index (χ2n) is 4.02. The molecule has 0 bridgehead atoms. The molecule has 0 aromatic carbocycles. The molecule has 0 radical (unpaired) electrons. The van der Waals surface area contributed by atoms with Crippen LogP contribution in [0, 0.1) is 5.92 Å². The maximum absolute atomic E-state index is 10.8. The van der Waals surface area contributed by atoms with Crippen molar-refractivity contribution in [3.8, 4) is 0 Å². The summed E-state index contributed by atoms with van der Waals surface area (Å²) in [6.07, 6.45) is 3.65. The van der Waals surface area contributed by atoms with Crippen LogP contribution in [0.2, 0.25) is 0 Å². The van der Waals surface area contributed by atoms with Gasteiger partial charge in [0, 0.05) is 26.0 Å². The van der Waals surface area contributed by atoms with Crippen molar-refractivity contribution in [2.45, 2.75) is 20.4 Å². The predicted octanol–water partition coefficient (Wildman–Crippen LogP) is 0.963. The van der Waals surface area contributed by atoms with Gasteiger partial charge < -0.3 is 9.67 Å². The van der Waals surface area contributed by atoms with Gasteiger partial charge in [-0.15, -0.1) is 0 Å². The molecule has 0 saturated carbocycles. The fourth-order valence-corrected chi connectivity index (χ4v) is 1.52. The lowest BCUT2D eigenvalue weighted by molar-refractivity contribution is -0.141. The van der Waals surface area contributed by atoms with E-state index in [1.165, 1.54) is 0 Å². The van der Waals surface area contributed by atoms with Crippen molar-refractivity contribution < 1.29 is 9.90 Å². The number of aromatic nitrogens is 2. The lowest BCUT2D eigenvalue weighted by Crippen LogP contribution is -2.32. The van der Waals surface area contributed by atoms with E-state index >= 15 is 0 Å². The number of carbonyl (C=O) groups is 1. The smallest absolute Gasteiger partial charge is 0.307 e. The molecular formula is C11H19N3O2. The van der Waals surface area contributed by atoms with Crippen molar-refractivity contribution in [3.63, 3.8) is 0 Å². The van der Waals surface area contributed by atoms with E-state index in [0.717, 1.165) is 12.4 Å². The van der Waals surface area contributed by atoms with Gasteiger partial charge in [-0.05, 0) is 6.54 Å². The van der Waals surface area contributed by atoms with Crippen LogP contribution in [-0.2, 0) is 18.4 Å². The van der Waals surface area contributed by atoms with Gasteiger partial charge in [-0.2, -0.15) is 0 Å². The summed E-state index contributed by atoms with van der Waals surface area (Å²) in [5, 5.41) is 8.86. The standard InChI is InChI=1S/C11H19N3O2/c1-4-14(7-9(2)11(15)16)8-10-12-5-6-13(10)3/h5-6,9H,4,7-8H2,1-3H3,(H,15,16). The Hall–Kier alpha value is -1.36. The molecule has 5 nitrogen and oxygen atoms in total. The van der Waals surface area contributed by atoms with Crippen LogP contribution in [0.15, 0.2) is 12.4 Å². The van der Waals surface area contributed by atoms with Gasteiger partial charge in [0.25, 0.3) is 0 Å². The van der Waals surface area contributed by atoms with E-state index in [0.29, 0.717) is 13.1 Å². The minimum Gasteiger partial charge on any atom is -0.481 e. The zero-order valence-corrected chi connectivity index (χ0v) is 10.1. The van der Waals surface area contributed by atoms with E-state index in [1.54, 1.807) is 13.1 Å². The third kappa shape index (κ3) is 3.34. The minimum atomic E-state index is -0.752. The molecule has 16 heavy (non-hydrogen) atoms. The lowest BCUT2D eigenvalue weighted by Gasteiger charge is -2.21. The molecule has 5 heteroatoms. The molecule has 1 heterocycles. The van der Waals surface area contributed by atoms with E-state index < -0.39 is 5.97 Å². The van der Waals surface area contributed by atoms with Gasteiger partial charge in [-0.25, -0.2) is 4.98 Å². The van der Waals surface area contributed by atoms with Crippen molar-refractivity contribution in [3.05, 3.63) is 18.2 Å². The van der Waals surface area contributed by atoms with Crippen LogP contribution in [0.4, 0.5) is 0 Å². The second-order valence-corrected chi connectivity index (χ2v) is 4.02. The summed E-state index contributed by atoms with van der Waals surface area (Å²) in [4.78, 5) is 17.1. The first kappa shape index (κ1) is 12.7. The van der Waals surface area contributed by atoms with Crippen LogP contribution in [0.3, 0.4) is 0 Å². The largest absolute Gasteiger partial charge is 0.481 e. The molecule has 1 rings (SSSR count). The minimum absolute atomic E-state index is 0.347. The fraction of sp³-hybridized carbons (Fsp3) is 0.636. The van der Waals surface area contributed by atoms with Crippen molar-refractivity contribution in [2.75, 3.05) is 13.1 Å². The summed E-state index contributed by atoms with van der Waals surface area (Å²) < 4.78 is 1.95. The third-order valence-electron chi connectivity index (χ3n) is 2.69. The van der Waals surface area contributed by atoms with Crippen LogP contribution in [0.5, 0.6) is 0 Å². The first-order chi connectivity index (χ1) is 7.54. The second kappa shape index (κ2) is 5.65. The highest BCUT2D eigenvalue weighted by Gasteiger charge is 2.16. The van der Waals surface area contributed by atoms with Crippen LogP contribution in [-0.4, -0.2) is 38.6 Å². The SMILES string of the molecule is CCN(Cc1nccn1C)CC(C)C(=O)O. The number of carboxylic acid groups (broad SMARTS) is 1. The summed E-state index contributed by atoms with van der Waals surface area (Å²) in [6.45, 7) is 5.82. The van der Waals surface area contributed by atoms with Gasteiger partial charge in [0.1, 0.15) is 5.82 Å². The molecule has 1 N–H and O–H groups in total. The van der Waals surface area contributed by atoms with Crippen LogP contribution in [0.25, 0.3) is 0 Å². The number of hydrogen-bond acceptors (Lipinski definition) is 3. The van der Waals surface area contributed by atoms with Crippen LogP contribution >= 0.6 is 0 Å². The fourth-order valence-electron chi connectivity index (χ4n) is 1.52. The molecule has 0 aliphatic carbocycles. The summed E-state index contributed by atoms with van der Waals surface area (Å²) in [7, 11) is 1.94. The molecular weight excluding hydrogens is 206 g/mol. The molecule has 0 amide bonds. The quantitative estimate of drug-likeness (QED) is 0.783. The Labute approximate surface area is 95.7 Å². The highest BCUT2D eigenvalue weighted by atomic mass is 16.4. The number of hydrogen-bond donors (Lipinski definition) is 1. The van der Waals surface area contributed by atoms with E-state index in [1.807, 2.05) is 24.7 Å². The molecule has 0 spiro atoms. The average Bonchev–Trinajstić information content (AvgIpc) is 2.63. The van der Waals surface area contributed by atoms with Gasteiger partial charge >= 0.3 is 5.97 Å². The molecule has 1 unspecified atom stereocenters. The van der Waals surface area contributed by atoms with Crippen LogP contribution in [0.1, 0.15) is 19.7 Å². The normalized spacial score (nSPS) is 13.0. The maximum Gasteiger partial charge on any atom is 0.307 e. The van der Waals surface area contributed by atoms with Crippen molar-refractivity contribution >= 4 is 5.97 Å². The zero-order valence-electron chi connectivity index (χ0n) is 10.1. The molecule has 1 atom stereocenters. The number of imidazole rings is 1. The number of aliphatic carboxylic acids is 1. The highest BCUT2D eigenvalue weighted by molar-refractivity contribution is 5.69. The lowest BCUT2D eigenvalue weighted by atomic mass is 10.1. The first-order valence-electron chi connectivity index (χ1n) is 5.46. The number of aryl methyl sites for hydroxylation is 1. The van der Waals surface area contributed by atoms with Gasteiger partial charge in [0.2, 0.25) is 0 Å². The molecule has 0 aliphatic heterocycles. The molecule has 0 fully saturated rings. The highest BCUT2D eigenvalue weighted by Crippen LogP contribution is 2.05. The summed E-state index contributed by atoms with van der Waals surface area (Å²) in [6, 6.07) is 0. The molecule has 1 aromatic rings. The zero-order chi connectivity index (χ0) is 12.1. The Morgan fingerprint density at radius 3 is 2.81 bits per heavy atom. The number of carboxylic acids is 1. The van der Waals surface area contributed by atoms with Gasteiger partial charge in [-0.1, -0.05) is 13.8 Å². The summed E-state index contributed by atoms with van der Waals surface area (Å²) >= 11 is 0. The van der Waals surface area contributed by atoms with Crippen molar-refractivity contribution in [1.82, 2.24) is 14.5 Å². The Morgan fingerprint density at radius 2 is 2.38 bits per heavy atom. The monoisotopic (exact) mass is 225 g/mol. The van der Waals surface area contributed by atoms with Gasteiger partial charge in [0.05, 0.1) is 12.5 Å². The van der Waals surface area contributed by atoms with E-state index in [-0.39, 0.29) is 5.92 Å². The van der Waals surface area contributed by atoms with Gasteiger partial charge in [-0.3, -0.25) is 9.69 Å². The number of rotatable bonds is 6. The Bertz CT molecular complexity index is 349. The molecule has 0 saturated heterocycles. The van der Waals surface area contributed by atoms with Gasteiger partial charge in [0.15, 0.2) is 0 Å². The Morgan fingerprint density at radius 1 is 1.69 bits per heavy atom. The summed E-state index contributed by atoms with van der Waals surface area (Å²) in [5.74, 6) is -0.141. The third-order valence-corrected chi connectivity index (χ3v) is 2.69. The first-order valence-corrected chi connectivity index (χ1v) is 5.46. The molecule has 1 aromatic heterocycles. The topological polar surface area (TPSA) is 58.4 Å². The Balaban J connectivity index is 2.56. The number of nitrogens with zero attached hydrogens (tertiary/aromatic N) is 3. The summed E-state index contributed by atoms with van der Waals surface area (Å²) in [5.41, 5.74) is 0. The van der Waals surface area contributed by atoms with E-state index in [4.69, 9.17) is 5.11 Å². The molecule has 90 valence electrons. The van der Waals surface area contributed by atoms with Crippen LogP contribution < -0.4 is 0 Å². The molecule has 0 aliphatic rings. The predicted molar refractivity (Wildman–Crippen MR) is 61.0 cm³/mol.